The van der Waals surface area contributed by atoms with Crippen molar-refractivity contribution in [3.8, 4) is 5.75 Å². The van der Waals surface area contributed by atoms with E-state index in [-0.39, 0.29) is 24.2 Å². The number of rotatable bonds is 16. The summed E-state index contributed by atoms with van der Waals surface area (Å²) in [6.45, 7) is 3.01. The molecule has 0 aliphatic heterocycles. The zero-order valence-electron chi connectivity index (χ0n) is 22.1. The van der Waals surface area contributed by atoms with E-state index in [0.717, 1.165) is 24.8 Å². The van der Waals surface area contributed by atoms with Gasteiger partial charge in [-0.2, -0.15) is 0 Å². The van der Waals surface area contributed by atoms with Crippen molar-refractivity contribution in [3.63, 3.8) is 0 Å². The number of carbonyl (C=O) groups excluding carboxylic acids is 3. The predicted octanol–water partition coefficient (Wildman–Crippen LogP) is 1.93. The van der Waals surface area contributed by atoms with E-state index in [1.165, 1.54) is 25.1 Å². The number of benzene rings is 2. The van der Waals surface area contributed by atoms with Gasteiger partial charge in [0.15, 0.2) is 6.61 Å². The molecular weight excluding hydrogens is 506 g/mol. The molecule has 0 radical (unpaired) electrons. The first-order valence-electron chi connectivity index (χ1n) is 12.7. The van der Waals surface area contributed by atoms with Gasteiger partial charge in [-0.05, 0) is 29.7 Å². The van der Waals surface area contributed by atoms with E-state index in [1.54, 1.807) is 0 Å². The molecule has 0 spiro atoms. The van der Waals surface area contributed by atoms with Gasteiger partial charge in [-0.3, -0.25) is 14.4 Å². The van der Waals surface area contributed by atoms with E-state index in [2.05, 4.69) is 16.0 Å². The molecule has 0 bridgehead atoms. The number of hydrogen-bond donors (Lipinski definition) is 5. The fraction of sp³-hybridized carbons (Fsp3) is 0.393. The molecule has 2 atom stereocenters. The van der Waals surface area contributed by atoms with Gasteiger partial charge in [-0.25, -0.2) is 9.59 Å². The van der Waals surface area contributed by atoms with Gasteiger partial charge in [0.25, 0.3) is 0 Å². The third kappa shape index (κ3) is 10.8. The second-order valence-electron chi connectivity index (χ2n) is 9.02. The summed E-state index contributed by atoms with van der Waals surface area (Å²) < 4.78 is 5.06. The van der Waals surface area contributed by atoms with Crippen LogP contribution in [0.2, 0.25) is 0 Å². The highest BCUT2D eigenvalue weighted by Gasteiger charge is 2.27. The molecule has 3 amide bonds. The SMILES string of the molecule is CCCCCNC(=O)[C@H](Cc1ccc(OCC(=O)O)c(C(=O)O)c1)NC(=O)[C@H](Cc1ccccc1)NC(C)=O. The van der Waals surface area contributed by atoms with Crippen molar-refractivity contribution in [1.29, 1.82) is 0 Å². The molecule has 0 aliphatic rings. The third-order valence-corrected chi connectivity index (χ3v) is 5.75. The van der Waals surface area contributed by atoms with E-state index in [1.807, 2.05) is 37.3 Å². The van der Waals surface area contributed by atoms with Crippen LogP contribution < -0.4 is 20.7 Å². The van der Waals surface area contributed by atoms with E-state index in [4.69, 9.17) is 9.84 Å². The van der Waals surface area contributed by atoms with Gasteiger partial charge in [-0.1, -0.05) is 56.2 Å². The van der Waals surface area contributed by atoms with E-state index in [9.17, 15) is 29.1 Å². The standard InChI is InChI=1S/C28H35N3O8/c1-3-4-8-13-29-26(35)22(16-20-11-12-24(39-17-25(33)34)21(14-20)28(37)38)31-27(36)23(30-18(2)32)15-19-9-6-5-7-10-19/h5-7,9-12,14,22-23H,3-4,8,13,15-17H2,1-2H3,(H,29,35)(H,30,32)(H,31,36)(H,33,34)(H,37,38)/t22-,23-/m0/s1. The fourth-order valence-corrected chi connectivity index (χ4v) is 3.87. The fourth-order valence-electron chi connectivity index (χ4n) is 3.87. The molecule has 0 saturated heterocycles. The average Bonchev–Trinajstić information content (AvgIpc) is 2.89. The second-order valence-corrected chi connectivity index (χ2v) is 9.02. The Balaban J connectivity index is 2.28. The van der Waals surface area contributed by atoms with Crippen LogP contribution >= 0.6 is 0 Å². The smallest absolute Gasteiger partial charge is 0.341 e. The normalized spacial score (nSPS) is 12.1. The number of carboxylic acid groups (broad SMARTS) is 2. The molecule has 0 unspecified atom stereocenters. The lowest BCUT2D eigenvalue weighted by molar-refractivity contribution is -0.139. The van der Waals surface area contributed by atoms with Crippen molar-refractivity contribution in [2.75, 3.05) is 13.2 Å². The van der Waals surface area contributed by atoms with Crippen LogP contribution in [0.15, 0.2) is 48.5 Å². The summed E-state index contributed by atoms with van der Waals surface area (Å²) in [6, 6.07) is 11.2. The maximum atomic E-state index is 13.3. The summed E-state index contributed by atoms with van der Waals surface area (Å²) in [7, 11) is 0. The number of carbonyl (C=O) groups is 5. The highest BCUT2D eigenvalue weighted by Crippen LogP contribution is 2.21. The molecule has 11 nitrogen and oxygen atoms in total. The number of aromatic carboxylic acids is 1. The number of unbranched alkanes of at least 4 members (excludes halogenated alkanes) is 2. The second kappa shape index (κ2) is 15.8. The lowest BCUT2D eigenvalue weighted by Crippen LogP contribution is -2.55. The van der Waals surface area contributed by atoms with Crippen molar-refractivity contribution in [1.82, 2.24) is 16.0 Å². The number of aliphatic carboxylic acids is 1. The Morgan fingerprint density at radius 2 is 1.51 bits per heavy atom. The molecule has 2 rings (SSSR count). The molecular formula is C28H35N3O8. The van der Waals surface area contributed by atoms with Gasteiger partial charge in [0.05, 0.1) is 0 Å². The van der Waals surface area contributed by atoms with Gasteiger partial charge < -0.3 is 30.9 Å². The Kier molecular flexibility index (Phi) is 12.4. The van der Waals surface area contributed by atoms with Crippen molar-refractivity contribution in [2.45, 2.75) is 58.0 Å². The summed E-state index contributed by atoms with van der Waals surface area (Å²) in [5, 5.41) is 26.6. The quantitative estimate of drug-likeness (QED) is 0.201. The van der Waals surface area contributed by atoms with E-state index in [0.29, 0.717) is 12.1 Å². The van der Waals surface area contributed by atoms with E-state index < -0.39 is 48.4 Å². The van der Waals surface area contributed by atoms with Gasteiger partial charge in [0, 0.05) is 26.3 Å². The highest BCUT2D eigenvalue weighted by atomic mass is 16.5. The molecule has 39 heavy (non-hydrogen) atoms. The first-order chi connectivity index (χ1) is 18.6. The summed E-state index contributed by atoms with van der Waals surface area (Å²) in [6.07, 6.45) is 2.78. The summed E-state index contributed by atoms with van der Waals surface area (Å²) >= 11 is 0. The largest absolute Gasteiger partial charge is 0.481 e. The Hall–Kier alpha value is -4.41. The van der Waals surface area contributed by atoms with Crippen LogP contribution in [-0.2, 0) is 32.0 Å². The summed E-state index contributed by atoms with van der Waals surface area (Å²) in [5.74, 6) is -4.16. The number of carboxylic acids is 2. The van der Waals surface area contributed by atoms with Crippen LogP contribution in [0.1, 0.15) is 54.6 Å². The molecule has 11 heteroatoms. The van der Waals surface area contributed by atoms with Gasteiger partial charge in [0.2, 0.25) is 17.7 Å². The molecule has 0 aromatic heterocycles. The number of ether oxygens (including phenoxy) is 1. The van der Waals surface area contributed by atoms with Crippen molar-refractivity contribution >= 4 is 29.7 Å². The third-order valence-electron chi connectivity index (χ3n) is 5.75. The topological polar surface area (TPSA) is 171 Å². The first-order valence-corrected chi connectivity index (χ1v) is 12.7. The van der Waals surface area contributed by atoms with Crippen LogP contribution in [0.4, 0.5) is 0 Å². The zero-order chi connectivity index (χ0) is 28.8. The monoisotopic (exact) mass is 541 g/mol. The minimum Gasteiger partial charge on any atom is -0.481 e. The molecule has 0 saturated carbocycles. The minimum absolute atomic E-state index is 0.0526. The molecule has 0 aliphatic carbocycles. The van der Waals surface area contributed by atoms with Crippen LogP contribution in [-0.4, -0.2) is 65.1 Å². The lowest BCUT2D eigenvalue weighted by Gasteiger charge is -2.23. The summed E-state index contributed by atoms with van der Waals surface area (Å²) in [4.78, 5) is 60.8. The van der Waals surface area contributed by atoms with Crippen LogP contribution in [0.25, 0.3) is 0 Å². The minimum atomic E-state index is -1.34. The Bertz CT molecular complexity index is 1150. The molecule has 2 aromatic rings. The average molecular weight is 542 g/mol. The molecule has 2 aromatic carbocycles. The van der Waals surface area contributed by atoms with Crippen LogP contribution in [0.5, 0.6) is 5.75 Å². The number of amides is 3. The highest BCUT2D eigenvalue weighted by molar-refractivity contribution is 5.93. The van der Waals surface area contributed by atoms with Crippen LogP contribution in [0.3, 0.4) is 0 Å². The Labute approximate surface area is 226 Å². The number of hydrogen-bond acceptors (Lipinski definition) is 6. The van der Waals surface area contributed by atoms with Gasteiger partial charge >= 0.3 is 11.9 Å². The maximum Gasteiger partial charge on any atom is 0.341 e. The predicted molar refractivity (Wildman–Crippen MR) is 142 cm³/mol. The molecule has 210 valence electrons. The zero-order valence-corrected chi connectivity index (χ0v) is 22.1. The lowest BCUT2D eigenvalue weighted by atomic mass is 10.0. The molecule has 0 heterocycles. The first kappa shape index (κ1) is 30.8. The maximum absolute atomic E-state index is 13.3. The van der Waals surface area contributed by atoms with Crippen LogP contribution in [0, 0.1) is 0 Å². The number of nitrogens with one attached hydrogen (secondary N) is 3. The van der Waals surface area contributed by atoms with Crippen molar-refractivity contribution < 1.29 is 38.9 Å². The summed E-state index contributed by atoms with van der Waals surface area (Å²) in [5.41, 5.74) is 0.945. The molecule has 5 N–H and O–H groups in total. The Morgan fingerprint density at radius 1 is 0.846 bits per heavy atom. The Morgan fingerprint density at radius 3 is 2.13 bits per heavy atom. The van der Waals surface area contributed by atoms with Gasteiger partial charge in [0.1, 0.15) is 23.4 Å². The van der Waals surface area contributed by atoms with Crippen molar-refractivity contribution in [2.24, 2.45) is 0 Å². The van der Waals surface area contributed by atoms with E-state index >= 15 is 0 Å². The molecule has 0 fully saturated rings. The van der Waals surface area contributed by atoms with Crippen molar-refractivity contribution in [3.05, 3.63) is 65.2 Å². The van der Waals surface area contributed by atoms with Gasteiger partial charge in [-0.15, -0.1) is 0 Å².